The van der Waals surface area contributed by atoms with E-state index in [1.54, 1.807) is 19.1 Å². The van der Waals surface area contributed by atoms with Gasteiger partial charge in [0.2, 0.25) is 0 Å². The van der Waals surface area contributed by atoms with Gasteiger partial charge in [0.05, 0.1) is 13.3 Å². The molecule has 2 aromatic heterocycles. The summed E-state index contributed by atoms with van der Waals surface area (Å²) in [6, 6.07) is 7.07. The normalized spacial score (nSPS) is 14.2. The molecule has 134 valence electrons. The van der Waals surface area contributed by atoms with Crippen molar-refractivity contribution in [2.75, 3.05) is 20.2 Å². The summed E-state index contributed by atoms with van der Waals surface area (Å²) in [6.07, 6.45) is 3.45. The molecule has 1 aromatic carbocycles. The Morgan fingerprint density at radius 1 is 1.23 bits per heavy atom. The first-order valence-electron chi connectivity index (χ1n) is 8.48. The number of carbonyl (C=O) groups excluding carboxylic acids is 1. The highest BCUT2D eigenvalue weighted by molar-refractivity contribution is 5.88. The number of benzene rings is 1. The number of hydrogen-bond donors (Lipinski definition) is 0. The number of rotatable bonds is 2. The maximum absolute atomic E-state index is 12.7. The van der Waals surface area contributed by atoms with Gasteiger partial charge in [0.25, 0.3) is 0 Å². The number of ether oxygens (including phenoxy) is 1. The summed E-state index contributed by atoms with van der Waals surface area (Å²) in [5.41, 5.74) is 1.21. The number of fused-ring (bicyclic) bond motifs is 1. The molecule has 0 spiro atoms. The van der Waals surface area contributed by atoms with E-state index in [0.29, 0.717) is 35.8 Å². The van der Waals surface area contributed by atoms with Crippen LogP contribution < -0.4 is 10.4 Å². The highest BCUT2D eigenvalue weighted by Crippen LogP contribution is 2.22. The molecule has 0 bridgehead atoms. The highest BCUT2D eigenvalue weighted by atomic mass is 16.5. The summed E-state index contributed by atoms with van der Waals surface area (Å²) in [4.78, 5) is 35.9. The van der Waals surface area contributed by atoms with Crippen molar-refractivity contribution in [3.8, 4) is 17.1 Å². The maximum Gasteiger partial charge on any atom is 0.338 e. The van der Waals surface area contributed by atoms with Crippen molar-refractivity contribution >= 4 is 17.2 Å². The zero-order valence-electron chi connectivity index (χ0n) is 14.7. The van der Waals surface area contributed by atoms with Gasteiger partial charge in [-0.05, 0) is 25.0 Å². The molecule has 3 heterocycles. The van der Waals surface area contributed by atoms with E-state index >= 15 is 0 Å². The fourth-order valence-corrected chi connectivity index (χ4v) is 3.25. The minimum absolute atomic E-state index is 0.309. The molecule has 1 amide bonds. The summed E-state index contributed by atoms with van der Waals surface area (Å²) in [5.74, 6) is 1.17. The monoisotopic (exact) mass is 353 g/mol. The Morgan fingerprint density at radius 2 is 2.00 bits per heavy atom. The Hall–Kier alpha value is -3.16. The van der Waals surface area contributed by atoms with E-state index in [-0.39, 0.29) is 6.03 Å². The standard InChI is InChI=1S/C18H19N5O3/c1-21-16-14(23(17(21)24)18(25)22-8-3-4-9-22)11-19-15(20-16)12-6-5-7-13(10-12)26-2/h5-7,10-11H,3-4,8-9H2,1-2H3. The molecule has 0 saturated carbocycles. The Labute approximate surface area is 149 Å². The summed E-state index contributed by atoms with van der Waals surface area (Å²) in [5, 5.41) is 0. The van der Waals surface area contributed by atoms with Crippen LogP contribution in [0.5, 0.6) is 5.75 Å². The van der Waals surface area contributed by atoms with Crippen molar-refractivity contribution in [2.24, 2.45) is 7.05 Å². The number of hydrogen-bond acceptors (Lipinski definition) is 5. The molecule has 26 heavy (non-hydrogen) atoms. The van der Waals surface area contributed by atoms with Gasteiger partial charge in [-0.1, -0.05) is 12.1 Å². The van der Waals surface area contributed by atoms with Crippen LogP contribution in [0.1, 0.15) is 12.8 Å². The first-order chi connectivity index (χ1) is 12.6. The van der Waals surface area contributed by atoms with Crippen LogP contribution in [0.15, 0.2) is 35.3 Å². The summed E-state index contributed by atoms with van der Waals surface area (Å²) in [6.45, 7) is 1.34. The van der Waals surface area contributed by atoms with Crippen LogP contribution in [0.4, 0.5) is 4.79 Å². The zero-order chi connectivity index (χ0) is 18.3. The van der Waals surface area contributed by atoms with Crippen molar-refractivity contribution in [1.29, 1.82) is 0 Å². The average Bonchev–Trinajstić information content (AvgIpc) is 3.29. The van der Waals surface area contributed by atoms with Gasteiger partial charge in [-0.2, -0.15) is 0 Å². The van der Waals surface area contributed by atoms with Crippen molar-refractivity contribution in [1.82, 2.24) is 24.0 Å². The molecule has 8 nitrogen and oxygen atoms in total. The summed E-state index contributed by atoms with van der Waals surface area (Å²) in [7, 11) is 3.21. The molecule has 1 aliphatic rings. The Morgan fingerprint density at radius 3 is 2.73 bits per heavy atom. The van der Waals surface area contributed by atoms with Crippen LogP contribution in [0.2, 0.25) is 0 Å². The molecule has 0 atom stereocenters. The lowest BCUT2D eigenvalue weighted by Crippen LogP contribution is -2.38. The third-order valence-electron chi connectivity index (χ3n) is 4.68. The van der Waals surface area contributed by atoms with Crippen LogP contribution in [-0.4, -0.2) is 50.2 Å². The van der Waals surface area contributed by atoms with Crippen LogP contribution in [-0.2, 0) is 7.05 Å². The van der Waals surface area contributed by atoms with Gasteiger partial charge in [0.15, 0.2) is 11.5 Å². The third kappa shape index (κ3) is 2.54. The third-order valence-corrected chi connectivity index (χ3v) is 4.68. The van der Waals surface area contributed by atoms with E-state index in [1.165, 1.54) is 10.8 Å². The smallest absolute Gasteiger partial charge is 0.338 e. The predicted octanol–water partition coefficient (Wildman–Crippen LogP) is 1.87. The van der Waals surface area contributed by atoms with Gasteiger partial charge in [-0.3, -0.25) is 4.57 Å². The first-order valence-corrected chi connectivity index (χ1v) is 8.48. The number of nitrogens with zero attached hydrogens (tertiary/aromatic N) is 5. The van der Waals surface area contributed by atoms with Gasteiger partial charge in [-0.15, -0.1) is 0 Å². The SMILES string of the molecule is COc1cccc(-c2ncc3c(n2)n(C)c(=O)n3C(=O)N2CCCC2)c1. The molecular weight excluding hydrogens is 334 g/mol. The quantitative estimate of drug-likeness (QED) is 0.702. The first kappa shape index (κ1) is 16.3. The average molecular weight is 353 g/mol. The molecule has 3 aromatic rings. The number of aryl methyl sites for hydroxylation is 1. The van der Waals surface area contributed by atoms with Gasteiger partial charge in [-0.25, -0.2) is 24.1 Å². The number of amides is 1. The minimum atomic E-state index is -0.408. The maximum atomic E-state index is 12.7. The molecule has 1 fully saturated rings. The molecule has 1 aliphatic heterocycles. The van der Waals surface area contributed by atoms with Gasteiger partial charge in [0, 0.05) is 25.7 Å². The number of likely N-dealkylation sites (tertiary alicyclic amines) is 1. The number of methoxy groups -OCH3 is 1. The lowest BCUT2D eigenvalue weighted by molar-refractivity contribution is 0.210. The number of imidazole rings is 1. The Balaban J connectivity index is 1.83. The van der Waals surface area contributed by atoms with Crippen molar-refractivity contribution in [3.63, 3.8) is 0 Å². The second-order valence-electron chi connectivity index (χ2n) is 6.29. The molecule has 1 saturated heterocycles. The summed E-state index contributed by atoms with van der Waals surface area (Å²) >= 11 is 0. The zero-order valence-corrected chi connectivity index (χ0v) is 14.7. The molecule has 0 radical (unpaired) electrons. The van der Waals surface area contributed by atoms with Gasteiger partial charge >= 0.3 is 11.7 Å². The van der Waals surface area contributed by atoms with Crippen molar-refractivity contribution in [3.05, 3.63) is 40.9 Å². The predicted molar refractivity (Wildman–Crippen MR) is 96.4 cm³/mol. The van der Waals surface area contributed by atoms with Gasteiger partial charge in [0.1, 0.15) is 11.3 Å². The topological polar surface area (TPSA) is 82.2 Å². The van der Waals surface area contributed by atoms with E-state index < -0.39 is 5.69 Å². The lowest BCUT2D eigenvalue weighted by Gasteiger charge is -2.14. The summed E-state index contributed by atoms with van der Waals surface area (Å²) < 4.78 is 7.78. The van der Waals surface area contributed by atoms with Gasteiger partial charge < -0.3 is 9.64 Å². The second kappa shape index (κ2) is 6.29. The fourth-order valence-electron chi connectivity index (χ4n) is 3.25. The van der Waals surface area contributed by atoms with Crippen molar-refractivity contribution in [2.45, 2.75) is 12.8 Å². The molecule has 0 N–H and O–H groups in total. The van der Waals surface area contributed by atoms with Crippen LogP contribution in [0, 0.1) is 0 Å². The fraction of sp³-hybridized carbons (Fsp3) is 0.333. The van der Waals surface area contributed by atoms with Crippen LogP contribution >= 0.6 is 0 Å². The Kier molecular flexibility index (Phi) is 3.95. The lowest BCUT2D eigenvalue weighted by atomic mass is 10.2. The number of carbonyl (C=O) groups is 1. The molecule has 8 heteroatoms. The Bertz CT molecular complexity index is 1050. The highest BCUT2D eigenvalue weighted by Gasteiger charge is 2.25. The van der Waals surface area contributed by atoms with E-state index in [1.807, 2.05) is 24.3 Å². The number of aromatic nitrogens is 4. The second-order valence-corrected chi connectivity index (χ2v) is 6.29. The molecular formula is C18H19N5O3. The van der Waals surface area contributed by atoms with E-state index in [9.17, 15) is 9.59 Å². The van der Waals surface area contributed by atoms with E-state index in [2.05, 4.69) is 9.97 Å². The van der Waals surface area contributed by atoms with Crippen LogP contribution in [0.25, 0.3) is 22.6 Å². The largest absolute Gasteiger partial charge is 0.497 e. The van der Waals surface area contributed by atoms with Crippen LogP contribution in [0.3, 0.4) is 0 Å². The van der Waals surface area contributed by atoms with E-state index in [0.717, 1.165) is 23.0 Å². The molecule has 0 aliphatic carbocycles. The van der Waals surface area contributed by atoms with Crippen molar-refractivity contribution < 1.29 is 9.53 Å². The minimum Gasteiger partial charge on any atom is -0.497 e. The molecule has 4 rings (SSSR count). The van der Waals surface area contributed by atoms with E-state index in [4.69, 9.17) is 4.74 Å². The molecule has 0 unspecified atom stereocenters.